The average Bonchev–Trinajstić information content (AvgIpc) is 2.18. The van der Waals surface area contributed by atoms with E-state index in [1.54, 1.807) is 14.2 Å². The van der Waals surface area contributed by atoms with E-state index in [-0.39, 0.29) is 0 Å². The maximum absolute atomic E-state index is 5.00. The van der Waals surface area contributed by atoms with Crippen LogP contribution in [0.25, 0.3) is 0 Å². The third kappa shape index (κ3) is 2.93. The number of methoxy groups -OCH3 is 2. The lowest BCUT2D eigenvalue weighted by atomic mass is 10.4. The molecule has 0 unspecified atom stereocenters. The Labute approximate surface area is 83.5 Å². The summed E-state index contributed by atoms with van der Waals surface area (Å²) < 4.78 is 9.97. The fraction of sp³-hybridized carbons (Fsp3) is 0.556. The van der Waals surface area contributed by atoms with Crippen molar-refractivity contribution < 1.29 is 9.47 Å². The molecule has 14 heavy (non-hydrogen) atoms. The van der Waals surface area contributed by atoms with Crippen molar-refractivity contribution in [1.82, 2.24) is 9.97 Å². The minimum atomic E-state index is 0.409. The standard InChI is InChI=1S/C9H15N3O2/c1-10-8-4-7(5-13-2)11-9(12-8)6-14-3/h4H,5-6H2,1-3H3,(H,10,11,12). The van der Waals surface area contributed by atoms with Crippen LogP contribution in [0.15, 0.2) is 6.07 Å². The summed E-state index contributed by atoms with van der Waals surface area (Å²) in [5.74, 6) is 1.44. The van der Waals surface area contributed by atoms with Gasteiger partial charge < -0.3 is 14.8 Å². The molecule has 0 atom stereocenters. The van der Waals surface area contributed by atoms with E-state index in [1.807, 2.05) is 13.1 Å². The Hall–Kier alpha value is -1.20. The summed E-state index contributed by atoms with van der Waals surface area (Å²) in [4.78, 5) is 8.48. The zero-order valence-electron chi connectivity index (χ0n) is 8.70. The lowest BCUT2D eigenvalue weighted by Gasteiger charge is -2.06. The predicted octanol–water partition coefficient (Wildman–Crippen LogP) is 0.811. The van der Waals surface area contributed by atoms with Crippen LogP contribution in [0, 0.1) is 0 Å². The first kappa shape index (κ1) is 10.9. The second kappa shape index (κ2) is 5.51. The first-order chi connectivity index (χ1) is 6.80. The van der Waals surface area contributed by atoms with Gasteiger partial charge in [0, 0.05) is 27.3 Å². The van der Waals surface area contributed by atoms with E-state index in [0.29, 0.717) is 19.0 Å². The number of nitrogens with zero attached hydrogens (tertiary/aromatic N) is 2. The van der Waals surface area contributed by atoms with Crippen molar-refractivity contribution in [3.05, 3.63) is 17.6 Å². The number of hydrogen-bond donors (Lipinski definition) is 1. The molecule has 5 nitrogen and oxygen atoms in total. The molecule has 1 N–H and O–H groups in total. The largest absolute Gasteiger partial charge is 0.378 e. The highest BCUT2D eigenvalue weighted by Gasteiger charge is 2.02. The summed E-state index contributed by atoms with van der Waals surface area (Å²) in [5, 5.41) is 2.96. The monoisotopic (exact) mass is 197 g/mol. The van der Waals surface area contributed by atoms with Crippen LogP contribution in [-0.2, 0) is 22.7 Å². The number of aromatic nitrogens is 2. The molecule has 0 spiro atoms. The van der Waals surface area contributed by atoms with E-state index in [9.17, 15) is 0 Å². The van der Waals surface area contributed by atoms with E-state index >= 15 is 0 Å². The number of rotatable bonds is 5. The van der Waals surface area contributed by atoms with Crippen LogP contribution in [-0.4, -0.2) is 31.2 Å². The summed E-state index contributed by atoms with van der Waals surface area (Å²) in [6.45, 7) is 0.889. The fourth-order valence-corrected chi connectivity index (χ4v) is 1.10. The summed E-state index contributed by atoms with van der Waals surface area (Å²) in [7, 11) is 5.07. The van der Waals surface area contributed by atoms with Gasteiger partial charge in [-0.15, -0.1) is 0 Å². The van der Waals surface area contributed by atoms with E-state index in [0.717, 1.165) is 11.5 Å². The molecule has 1 aromatic heterocycles. The molecule has 5 heteroatoms. The highest BCUT2D eigenvalue weighted by molar-refractivity contribution is 5.34. The van der Waals surface area contributed by atoms with Crippen molar-refractivity contribution in [3.8, 4) is 0 Å². The molecule has 0 aromatic carbocycles. The predicted molar refractivity (Wildman–Crippen MR) is 53.0 cm³/mol. The van der Waals surface area contributed by atoms with Gasteiger partial charge in [-0.3, -0.25) is 0 Å². The van der Waals surface area contributed by atoms with Gasteiger partial charge in [-0.2, -0.15) is 0 Å². The maximum Gasteiger partial charge on any atom is 0.156 e. The highest BCUT2D eigenvalue weighted by atomic mass is 16.5. The first-order valence-corrected chi connectivity index (χ1v) is 4.32. The first-order valence-electron chi connectivity index (χ1n) is 4.32. The molecular weight excluding hydrogens is 182 g/mol. The minimum absolute atomic E-state index is 0.409. The second-order valence-electron chi connectivity index (χ2n) is 2.78. The van der Waals surface area contributed by atoms with Crippen molar-refractivity contribution in [2.45, 2.75) is 13.2 Å². The molecule has 0 saturated heterocycles. The molecule has 0 radical (unpaired) electrons. The Morgan fingerprint density at radius 1 is 1.21 bits per heavy atom. The molecule has 0 aliphatic carbocycles. The fourth-order valence-electron chi connectivity index (χ4n) is 1.10. The van der Waals surface area contributed by atoms with Gasteiger partial charge in [-0.1, -0.05) is 0 Å². The molecule has 1 aromatic rings. The Bertz CT molecular complexity index is 267. The number of ether oxygens (including phenoxy) is 2. The van der Waals surface area contributed by atoms with Crippen LogP contribution in [0.3, 0.4) is 0 Å². The van der Waals surface area contributed by atoms with Crippen molar-refractivity contribution in [3.63, 3.8) is 0 Å². The van der Waals surface area contributed by atoms with Crippen molar-refractivity contribution in [2.24, 2.45) is 0 Å². The molecular formula is C9H15N3O2. The van der Waals surface area contributed by atoms with E-state index < -0.39 is 0 Å². The van der Waals surface area contributed by atoms with Crippen LogP contribution >= 0.6 is 0 Å². The SMILES string of the molecule is CNc1cc(COC)nc(COC)n1. The third-order valence-corrected chi connectivity index (χ3v) is 1.65. The van der Waals surface area contributed by atoms with Crippen LogP contribution in [0.2, 0.25) is 0 Å². The van der Waals surface area contributed by atoms with Crippen LogP contribution in [0.4, 0.5) is 5.82 Å². The zero-order chi connectivity index (χ0) is 10.4. The van der Waals surface area contributed by atoms with E-state index in [2.05, 4.69) is 15.3 Å². The van der Waals surface area contributed by atoms with Crippen molar-refractivity contribution in [1.29, 1.82) is 0 Å². The molecule has 0 fully saturated rings. The summed E-state index contributed by atoms with van der Waals surface area (Å²) in [5.41, 5.74) is 0.846. The molecule has 0 aliphatic heterocycles. The quantitative estimate of drug-likeness (QED) is 0.757. The van der Waals surface area contributed by atoms with Gasteiger partial charge in [0.15, 0.2) is 5.82 Å². The van der Waals surface area contributed by atoms with E-state index in [1.165, 1.54) is 0 Å². The molecule has 0 aliphatic rings. The normalized spacial score (nSPS) is 10.2. The van der Waals surface area contributed by atoms with Gasteiger partial charge in [0.05, 0.1) is 12.3 Å². The second-order valence-corrected chi connectivity index (χ2v) is 2.78. The maximum atomic E-state index is 5.00. The Morgan fingerprint density at radius 3 is 2.50 bits per heavy atom. The minimum Gasteiger partial charge on any atom is -0.378 e. The molecule has 0 bridgehead atoms. The van der Waals surface area contributed by atoms with E-state index in [4.69, 9.17) is 9.47 Å². The van der Waals surface area contributed by atoms with Crippen LogP contribution in [0.1, 0.15) is 11.5 Å². The lowest BCUT2D eigenvalue weighted by molar-refractivity contribution is 0.170. The lowest BCUT2D eigenvalue weighted by Crippen LogP contribution is -2.05. The Morgan fingerprint density at radius 2 is 1.93 bits per heavy atom. The van der Waals surface area contributed by atoms with Gasteiger partial charge in [0.25, 0.3) is 0 Å². The number of anilines is 1. The third-order valence-electron chi connectivity index (χ3n) is 1.65. The average molecular weight is 197 g/mol. The van der Waals surface area contributed by atoms with Crippen LogP contribution in [0.5, 0.6) is 0 Å². The van der Waals surface area contributed by atoms with Gasteiger partial charge >= 0.3 is 0 Å². The van der Waals surface area contributed by atoms with Gasteiger partial charge in [-0.05, 0) is 0 Å². The topological polar surface area (TPSA) is 56.3 Å². The molecule has 78 valence electrons. The molecule has 0 amide bonds. The summed E-state index contributed by atoms with van der Waals surface area (Å²) >= 11 is 0. The number of nitrogens with one attached hydrogen (secondary N) is 1. The van der Waals surface area contributed by atoms with Gasteiger partial charge in [0.2, 0.25) is 0 Å². The smallest absolute Gasteiger partial charge is 0.156 e. The number of hydrogen-bond acceptors (Lipinski definition) is 5. The molecule has 0 saturated carbocycles. The van der Waals surface area contributed by atoms with Crippen LogP contribution < -0.4 is 5.32 Å². The summed E-state index contributed by atoms with van der Waals surface area (Å²) in [6, 6.07) is 1.85. The summed E-state index contributed by atoms with van der Waals surface area (Å²) in [6.07, 6.45) is 0. The Balaban J connectivity index is 2.88. The highest BCUT2D eigenvalue weighted by Crippen LogP contribution is 2.07. The Kier molecular flexibility index (Phi) is 4.28. The van der Waals surface area contributed by atoms with Crippen molar-refractivity contribution in [2.75, 3.05) is 26.6 Å². The molecule has 1 rings (SSSR count). The molecule has 1 heterocycles. The van der Waals surface area contributed by atoms with Gasteiger partial charge in [0.1, 0.15) is 12.4 Å². The zero-order valence-corrected chi connectivity index (χ0v) is 8.70. The van der Waals surface area contributed by atoms with Crippen molar-refractivity contribution >= 4 is 5.82 Å². The van der Waals surface area contributed by atoms with Gasteiger partial charge in [-0.25, -0.2) is 9.97 Å².